The van der Waals surface area contributed by atoms with Crippen molar-refractivity contribution in [1.29, 1.82) is 0 Å². The Kier molecular flexibility index (Phi) is 6.36. The molecule has 0 aliphatic carbocycles. The highest BCUT2D eigenvalue weighted by atomic mass is 35.5. The van der Waals surface area contributed by atoms with Crippen molar-refractivity contribution in [2.45, 2.75) is 28.7 Å². The molecule has 10 heteroatoms. The molecule has 7 nitrogen and oxygen atoms in total. The second kappa shape index (κ2) is 7.24. The molecule has 0 amide bonds. The topological polar surface area (TPSA) is 110 Å². The maximum absolute atomic E-state index is 12.5. The van der Waals surface area contributed by atoms with E-state index in [1.54, 1.807) is 0 Å². The summed E-state index contributed by atoms with van der Waals surface area (Å²) in [7, 11) is -5.90. The van der Waals surface area contributed by atoms with Crippen LogP contribution in [0.15, 0.2) is 34.1 Å². The van der Waals surface area contributed by atoms with Crippen molar-refractivity contribution in [2.24, 2.45) is 5.73 Å². The first-order valence-corrected chi connectivity index (χ1v) is 9.49. The van der Waals surface area contributed by atoms with Crippen molar-refractivity contribution in [3.05, 3.63) is 24.3 Å². The van der Waals surface area contributed by atoms with Crippen molar-refractivity contribution in [3.8, 4) is 0 Å². The lowest BCUT2D eigenvalue weighted by Crippen LogP contribution is -2.45. The summed E-state index contributed by atoms with van der Waals surface area (Å²) in [6.45, 7) is 0.728. The smallest absolute Gasteiger partial charge is 0.243 e. The fourth-order valence-electron chi connectivity index (χ4n) is 2.25. The van der Waals surface area contributed by atoms with E-state index in [9.17, 15) is 16.8 Å². The van der Waals surface area contributed by atoms with Gasteiger partial charge in [-0.25, -0.2) is 21.6 Å². The maximum Gasteiger partial charge on any atom is 0.243 e. The Balaban J connectivity index is 0.00000242. The average molecular weight is 370 g/mol. The molecular formula is C12H20ClN3O4S2. The second-order valence-electron chi connectivity index (χ2n) is 4.94. The molecule has 1 heterocycles. The first kappa shape index (κ1) is 19.3. The molecule has 1 aliphatic heterocycles. The zero-order valence-electron chi connectivity index (χ0n) is 12.1. The summed E-state index contributed by atoms with van der Waals surface area (Å²) in [6, 6.07) is 5.02. The van der Waals surface area contributed by atoms with Crippen LogP contribution in [-0.2, 0) is 20.0 Å². The van der Waals surface area contributed by atoms with Crippen LogP contribution in [-0.4, -0.2) is 47.3 Å². The van der Waals surface area contributed by atoms with Gasteiger partial charge in [-0.2, -0.15) is 4.31 Å². The molecule has 0 bridgehead atoms. The summed E-state index contributed by atoms with van der Waals surface area (Å²) in [6.07, 6.45) is 1.54. The van der Waals surface area contributed by atoms with E-state index < -0.39 is 20.0 Å². The fraction of sp³-hybridized carbons (Fsp3) is 0.500. The quantitative estimate of drug-likeness (QED) is 0.783. The third kappa shape index (κ3) is 3.98. The molecule has 1 aromatic rings. The van der Waals surface area contributed by atoms with E-state index in [-0.39, 0.29) is 28.2 Å². The Morgan fingerprint density at radius 1 is 1.14 bits per heavy atom. The van der Waals surface area contributed by atoms with Gasteiger partial charge in [0.2, 0.25) is 20.0 Å². The lowest BCUT2D eigenvalue weighted by atomic mass is 10.1. The standard InChI is InChI=1S/C12H19N3O4S2.ClH/c1-14-20(16,17)11-4-6-12(7-5-11)21(18,19)15-8-2-3-10(13)9-15;/h4-7,10,14H,2-3,8-9,13H2,1H3;1H. The summed E-state index contributed by atoms with van der Waals surface area (Å²) in [4.78, 5) is 0.103. The Morgan fingerprint density at radius 3 is 2.18 bits per heavy atom. The van der Waals surface area contributed by atoms with Crippen LogP contribution in [0.4, 0.5) is 0 Å². The molecule has 1 atom stereocenters. The molecular weight excluding hydrogens is 350 g/mol. The molecule has 1 aromatic carbocycles. The van der Waals surface area contributed by atoms with E-state index >= 15 is 0 Å². The lowest BCUT2D eigenvalue weighted by Gasteiger charge is -2.29. The van der Waals surface area contributed by atoms with Crippen molar-refractivity contribution in [3.63, 3.8) is 0 Å². The van der Waals surface area contributed by atoms with E-state index in [0.717, 1.165) is 12.8 Å². The zero-order valence-corrected chi connectivity index (χ0v) is 14.5. The molecule has 0 spiro atoms. The second-order valence-corrected chi connectivity index (χ2v) is 8.77. The van der Waals surface area contributed by atoms with Crippen LogP contribution in [0.2, 0.25) is 0 Å². The van der Waals surface area contributed by atoms with Crippen LogP contribution in [0.3, 0.4) is 0 Å². The molecule has 126 valence electrons. The summed E-state index contributed by atoms with van der Waals surface area (Å²) in [5, 5.41) is 0. The normalized spacial score (nSPS) is 20.4. The van der Waals surface area contributed by atoms with Crippen LogP contribution in [0.5, 0.6) is 0 Å². The van der Waals surface area contributed by atoms with Crippen LogP contribution >= 0.6 is 12.4 Å². The number of hydrogen-bond donors (Lipinski definition) is 2. The van der Waals surface area contributed by atoms with Gasteiger partial charge in [0.05, 0.1) is 9.79 Å². The van der Waals surface area contributed by atoms with Gasteiger partial charge in [0, 0.05) is 19.1 Å². The van der Waals surface area contributed by atoms with Gasteiger partial charge in [-0.1, -0.05) is 0 Å². The van der Waals surface area contributed by atoms with Crippen molar-refractivity contribution >= 4 is 32.5 Å². The molecule has 2 rings (SSSR count). The van der Waals surface area contributed by atoms with E-state index in [2.05, 4.69) is 4.72 Å². The SMILES string of the molecule is CNS(=O)(=O)c1ccc(S(=O)(=O)N2CCCC(N)C2)cc1.Cl. The number of benzene rings is 1. The zero-order chi connectivity index (χ0) is 15.7. The number of hydrogen-bond acceptors (Lipinski definition) is 5. The summed E-state index contributed by atoms with van der Waals surface area (Å²) in [5.74, 6) is 0. The monoisotopic (exact) mass is 369 g/mol. The fourth-order valence-corrected chi connectivity index (χ4v) is 4.52. The van der Waals surface area contributed by atoms with E-state index in [4.69, 9.17) is 5.73 Å². The third-order valence-corrected chi connectivity index (χ3v) is 6.77. The molecule has 1 aliphatic rings. The van der Waals surface area contributed by atoms with Gasteiger partial charge in [-0.15, -0.1) is 12.4 Å². The lowest BCUT2D eigenvalue weighted by molar-refractivity contribution is 0.316. The van der Waals surface area contributed by atoms with Crippen molar-refractivity contribution < 1.29 is 16.8 Å². The van der Waals surface area contributed by atoms with Crippen LogP contribution in [0, 0.1) is 0 Å². The predicted molar refractivity (Wildman–Crippen MR) is 85.9 cm³/mol. The maximum atomic E-state index is 12.5. The minimum absolute atomic E-state index is 0. The Morgan fingerprint density at radius 2 is 1.68 bits per heavy atom. The number of nitrogens with two attached hydrogens (primary N) is 1. The summed E-state index contributed by atoms with van der Waals surface area (Å²) < 4.78 is 51.7. The number of sulfonamides is 2. The van der Waals surface area contributed by atoms with Gasteiger partial charge in [0.15, 0.2) is 0 Å². The molecule has 22 heavy (non-hydrogen) atoms. The van der Waals surface area contributed by atoms with Crippen LogP contribution in [0.1, 0.15) is 12.8 Å². The Labute approximate surface area is 137 Å². The third-order valence-electron chi connectivity index (χ3n) is 3.46. The highest BCUT2D eigenvalue weighted by Gasteiger charge is 2.29. The molecule has 3 N–H and O–H groups in total. The minimum Gasteiger partial charge on any atom is -0.327 e. The van der Waals surface area contributed by atoms with Crippen molar-refractivity contribution in [1.82, 2.24) is 9.03 Å². The Hall–Kier alpha value is -0.710. The number of rotatable bonds is 4. The largest absolute Gasteiger partial charge is 0.327 e. The highest BCUT2D eigenvalue weighted by Crippen LogP contribution is 2.21. The minimum atomic E-state index is -3.63. The van der Waals surface area contributed by atoms with Gasteiger partial charge in [0.1, 0.15) is 0 Å². The predicted octanol–water partition coefficient (Wildman–Crippen LogP) is 0.128. The first-order valence-electron chi connectivity index (χ1n) is 6.57. The number of nitrogens with zero attached hydrogens (tertiary/aromatic N) is 1. The summed E-state index contributed by atoms with van der Waals surface area (Å²) >= 11 is 0. The van der Waals surface area contributed by atoms with Gasteiger partial charge < -0.3 is 5.73 Å². The molecule has 1 unspecified atom stereocenters. The number of halogens is 1. The van der Waals surface area contributed by atoms with Crippen LogP contribution in [0.25, 0.3) is 0 Å². The van der Waals surface area contributed by atoms with E-state index in [0.29, 0.717) is 13.1 Å². The molecule has 1 saturated heterocycles. The summed E-state index contributed by atoms with van der Waals surface area (Å²) in [5.41, 5.74) is 5.81. The van der Waals surface area contributed by atoms with E-state index in [1.165, 1.54) is 35.6 Å². The molecule has 0 radical (unpaired) electrons. The number of piperidine rings is 1. The first-order chi connectivity index (χ1) is 9.77. The highest BCUT2D eigenvalue weighted by molar-refractivity contribution is 7.89. The van der Waals surface area contributed by atoms with Crippen LogP contribution < -0.4 is 10.5 Å². The van der Waals surface area contributed by atoms with Crippen molar-refractivity contribution in [2.75, 3.05) is 20.1 Å². The molecule has 0 aromatic heterocycles. The Bertz CT molecular complexity index is 704. The molecule has 0 saturated carbocycles. The van der Waals surface area contributed by atoms with Gasteiger partial charge >= 0.3 is 0 Å². The van der Waals surface area contributed by atoms with E-state index in [1.807, 2.05) is 0 Å². The average Bonchev–Trinajstić information content (AvgIpc) is 2.47. The molecule has 1 fully saturated rings. The van der Waals surface area contributed by atoms with Gasteiger partial charge in [-0.05, 0) is 44.2 Å². The van der Waals surface area contributed by atoms with Gasteiger partial charge in [-0.3, -0.25) is 0 Å². The number of nitrogens with one attached hydrogen (secondary N) is 1. The van der Waals surface area contributed by atoms with Gasteiger partial charge in [0.25, 0.3) is 0 Å².